The van der Waals surface area contributed by atoms with E-state index < -0.39 is 0 Å². The third-order valence-corrected chi connectivity index (χ3v) is 4.93. The fourth-order valence-corrected chi connectivity index (χ4v) is 3.36. The van der Waals surface area contributed by atoms with Gasteiger partial charge in [0.05, 0.1) is 13.2 Å². The van der Waals surface area contributed by atoms with E-state index in [1.54, 1.807) is 18.2 Å². The van der Waals surface area contributed by atoms with Crippen LogP contribution in [0.25, 0.3) is 11.1 Å². The summed E-state index contributed by atoms with van der Waals surface area (Å²) in [5, 5.41) is 10.5. The second kappa shape index (κ2) is 10.7. The molecule has 3 aromatic carbocycles. The van der Waals surface area contributed by atoms with Crippen LogP contribution in [0.15, 0.2) is 54.6 Å². The summed E-state index contributed by atoms with van der Waals surface area (Å²) >= 11 is 0. The predicted octanol–water partition coefficient (Wildman–Crippen LogP) is 6.36. The highest BCUT2D eigenvalue weighted by molar-refractivity contribution is 5.72. The number of aryl methyl sites for hydroxylation is 2. The van der Waals surface area contributed by atoms with Crippen LogP contribution in [0, 0.1) is 11.9 Å². The first kappa shape index (κ1) is 21.7. The second-order valence-corrected chi connectivity index (χ2v) is 7.16. The van der Waals surface area contributed by atoms with Gasteiger partial charge >= 0.3 is 0 Å². The fourth-order valence-electron chi connectivity index (χ4n) is 3.36. The van der Waals surface area contributed by atoms with Crippen LogP contribution in [0.3, 0.4) is 0 Å². The molecular weight excluding hydrogens is 379 g/mol. The van der Waals surface area contributed by atoms with Crippen LogP contribution in [0.5, 0.6) is 17.2 Å². The number of aromatic hydroxyl groups is 1. The van der Waals surface area contributed by atoms with Crippen molar-refractivity contribution in [3.63, 3.8) is 0 Å². The summed E-state index contributed by atoms with van der Waals surface area (Å²) in [6.07, 6.45) is 3.52. The normalized spacial score (nSPS) is 10.8. The first-order valence-corrected chi connectivity index (χ1v) is 10.5. The Kier molecular flexibility index (Phi) is 7.72. The predicted molar refractivity (Wildman–Crippen MR) is 118 cm³/mol. The average Bonchev–Trinajstić information content (AvgIpc) is 2.76. The summed E-state index contributed by atoms with van der Waals surface area (Å²) in [4.78, 5) is 0. The van der Waals surface area contributed by atoms with Crippen molar-refractivity contribution in [2.45, 2.75) is 39.5 Å². The van der Waals surface area contributed by atoms with Crippen molar-refractivity contribution in [2.75, 3.05) is 13.2 Å². The van der Waals surface area contributed by atoms with Gasteiger partial charge in [0.2, 0.25) is 0 Å². The summed E-state index contributed by atoms with van der Waals surface area (Å²) < 4.78 is 25.0. The lowest BCUT2D eigenvalue weighted by atomic mass is 10.00. The molecule has 1 N–H and O–H groups in total. The minimum atomic E-state index is -0.300. The third-order valence-electron chi connectivity index (χ3n) is 4.93. The lowest BCUT2D eigenvalue weighted by molar-refractivity contribution is 0.244. The maximum absolute atomic E-state index is 13.2. The highest BCUT2D eigenvalue weighted by Crippen LogP contribution is 2.36. The minimum Gasteiger partial charge on any atom is -0.507 e. The molecule has 157 valence electrons. The van der Waals surface area contributed by atoms with Gasteiger partial charge in [-0.1, -0.05) is 50.6 Å². The van der Waals surface area contributed by atoms with Crippen molar-refractivity contribution in [3.8, 4) is 28.4 Å². The molecule has 0 fully saturated rings. The van der Waals surface area contributed by atoms with Crippen molar-refractivity contribution >= 4 is 0 Å². The Bertz CT molecular complexity index is 951. The Balaban J connectivity index is 1.59. The topological polar surface area (TPSA) is 38.7 Å². The highest BCUT2D eigenvalue weighted by atomic mass is 19.1. The van der Waals surface area contributed by atoms with Gasteiger partial charge in [0, 0.05) is 24.1 Å². The summed E-state index contributed by atoms with van der Waals surface area (Å²) in [7, 11) is 0. The molecule has 0 unspecified atom stereocenters. The molecular formula is C26H28FO3. The van der Waals surface area contributed by atoms with Crippen LogP contribution >= 0.6 is 0 Å². The van der Waals surface area contributed by atoms with Gasteiger partial charge in [0.25, 0.3) is 0 Å². The first-order chi connectivity index (χ1) is 14.6. The SMILES string of the molecule is CCCc1ccc[c]c1OCCCOc1cc(O)c(-c2ccc(F)cc2)cc1CC. The van der Waals surface area contributed by atoms with E-state index in [0.717, 1.165) is 42.6 Å². The maximum Gasteiger partial charge on any atom is 0.130 e. The monoisotopic (exact) mass is 407 g/mol. The van der Waals surface area contributed by atoms with E-state index in [1.807, 2.05) is 25.1 Å². The van der Waals surface area contributed by atoms with Crippen LogP contribution in [0.2, 0.25) is 0 Å². The van der Waals surface area contributed by atoms with Crippen molar-refractivity contribution < 1.29 is 19.0 Å². The molecule has 3 aromatic rings. The molecule has 0 aromatic heterocycles. The lowest BCUT2D eigenvalue weighted by Gasteiger charge is -2.15. The zero-order valence-electron chi connectivity index (χ0n) is 17.6. The van der Waals surface area contributed by atoms with E-state index in [-0.39, 0.29) is 11.6 Å². The van der Waals surface area contributed by atoms with Crippen molar-refractivity contribution in [2.24, 2.45) is 0 Å². The largest absolute Gasteiger partial charge is 0.507 e. The van der Waals surface area contributed by atoms with E-state index >= 15 is 0 Å². The molecule has 0 aliphatic rings. The summed E-state index contributed by atoms with van der Waals surface area (Å²) in [6, 6.07) is 18.7. The van der Waals surface area contributed by atoms with Gasteiger partial charge in [-0.25, -0.2) is 4.39 Å². The van der Waals surface area contributed by atoms with E-state index in [0.29, 0.717) is 24.5 Å². The van der Waals surface area contributed by atoms with Crippen LogP contribution in [0.4, 0.5) is 4.39 Å². The minimum absolute atomic E-state index is 0.119. The van der Waals surface area contributed by atoms with Gasteiger partial charge in [-0.05, 0) is 47.7 Å². The Hall–Kier alpha value is -3.01. The molecule has 0 bridgehead atoms. The number of rotatable bonds is 10. The van der Waals surface area contributed by atoms with Crippen molar-refractivity contribution in [3.05, 3.63) is 77.6 Å². The molecule has 3 nitrogen and oxygen atoms in total. The summed E-state index contributed by atoms with van der Waals surface area (Å²) in [5.74, 6) is 1.30. The zero-order chi connectivity index (χ0) is 21.3. The molecule has 0 saturated carbocycles. The zero-order valence-corrected chi connectivity index (χ0v) is 17.6. The quantitative estimate of drug-likeness (QED) is 0.397. The Morgan fingerprint density at radius 1 is 0.967 bits per heavy atom. The number of hydrogen-bond acceptors (Lipinski definition) is 3. The Morgan fingerprint density at radius 2 is 1.73 bits per heavy atom. The average molecular weight is 408 g/mol. The number of halogens is 1. The molecule has 1 radical (unpaired) electrons. The summed E-state index contributed by atoms with van der Waals surface area (Å²) in [5.41, 5.74) is 3.61. The van der Waals surface area contributed by atoms with Crippen LogP contribution in [-0.2, 0) is 12.8 Å². The standard InChI is InChI=1S/C26H28FO3/c1-3-8-21-9-5-6-10-25(21)29-15-7-16-30-26-18-24(28)23(17-19(26)4-2)20-11-13-22(27)14-12-20/h5-6,9,11-14,17-18,28H,3-4,7-8,15-16H2,1-2H3. The second-order valence-electron chi connectivity index (χ2n) is 7.16. The van der Waals surface area contributed by atoms with Crippen molar-refractivity contribution in [1.82, 2.24) is 0 Å². The maximum atomic E-state index is 13.2. The lowest BCUT2D eigenvalue weighted by Crippen LogP contribution is -2.07. The highest BCUT2D eigenvalue weighted by Gasteiger charge is 2.12. The first-order valence-electron chi connectivity index (χ1n) is 10.5. The van der Waals surface area contributed by atoms with Crippen LogP contribution in [0.1, 0.15) is 37.8 Å². The number of para-hydroxylation sites is 1. The van der Waals surface area contributed by atoms with Gasteiger partial charge in [0.1, 0.15) is 23.1 Å². The molecule has 0 atom stereocenters. The van der Waals surface area contributed by atoms with E-state index in [2.05, 4.69) is 19.1 Å². The number of hydrogen-bond donors (Lipinski definition) is 1. The Morgan fingerprint density at radius 3 is 2.47 bits per heavy atom. The van der Waals surface area contributed by atoms with Crippen LogP contribution in [-0.4, -0.2) is 18.3 Å². The molecule has 3 rings (SSSR count). The molecule has 4 heteroatoms. The van der Waals surface area contributed by atoms with Gasteiger partial charge < -0.3 is 14.6 Å². The molecule has 0 aliphatic heterocycles. The smallest absolute Gasteiger partial charge is 0.130 e. The fraction of sp³-hybridized carbons (Fsp3) is 0.308. The van der Waals surface area contributed by atoms with Gasteiger partial charge in [-0.3, -0.25) is 0 Å². The third kappa shape index (κ3) is 5.53. The van der Waals surface area contributed by atoms with Gasteiger partial charge in [-0.15, -0.1) is 0 Å². The molecule has 0 aliphatic carbocycles. The van der Waals surface area contributed by atoms with Gasteiger partial charge in [-0.2, -0.15) is 0 Å². The number of benzene rings is 3. The van der Waals surface area contributed by atoms with Gasteiger partial charge in [0.15, 0.2) is 0 Å². The summed E-state index contributed by atoms with van der Waals surface area (Å²) in [6.45, 7) is 5.21. The van der Waals surface area contributed by atoms with Crippen molar-refractivity contribution in [1.29, 1.82) is 0 Å². The number of phenols is 1. The molecule has 0 saturated heterocycles. The van der Waals surface area contributed by atoms with E-state index in [4.69, 9.17) is 9.47 Å². The van der Waals surface area contributed by atoms with E-state index in [1.165, 1.54) is 17.7 Å². The number of ether oxygens (including phenoxy) is 2. The molecule has 0 amide bonds. The molecule has 0 heterocycles. The number of phenolic OH excluding ortho intramolecular Hbond substituents is 1. The molecule has 30 heavy (non-hydrogen) atoms. The van der Waals surface area contributed by atoms with E-state index in [9.17, 15) is 9.50 Å². The Labute approximate surface area is 178 Å². The molecule has 0 spiro atoms. The van der Waals surface area contributed by atoms with Crippen LogP contribution < -0.4 is 9.47 Å².